The highest BCUT2D eigenvalue weighted by molar-refractivity contribution is 5.72. The van der Waals surface area contributed by atoms with Crippen molar-refractivity contribution < 1.29 is 8.78 Å². The van der Waals surface area contributed by atoms with Crippen LogP contribution in [-0.4, -0.2) is 0 Å². The fourth-order valence-corrected chi connectivity index (χ4v) is 1.41. The summed E-state index contributed by atoms with van der Waals surface area (Å²) in [5, 5.41) is 2.62. The molecule has 0 fully saturated rings. The Bertz CT molecular complexity index is 535. The van der Waals surface area contributed by atoms with Crippen molar-refractivity contribution in [2.24, 2.45) is 0 Å². The molecule has 0 amide bonds. The molecule has 5 N–H and O–H groups in total. The predicted molar refractivity (Wildman–Crippen MR) is 64.9 cm³/mol. The second-order valence-electron chi connectivity index (χ2n) is 3.57. The van der Waals surface area contributed by atoms with Gasteiger partial charge in [-0.05, 0) is 30.3 Å². The Balaban J connectivity index is 2.35. The van der Waals surface area contributed by atoms with E-state index < -0.39 is 11.6 Å². The lowest BCUT2D eigenvalue weighted by molar-refractivity contribution is 0.591. The van der Waals surface area contributed by atoms with E-state index in [1.54, 1.807) is 12.1 Å². The van der Waals surface area contributed by atoms with Crippen molar-refractivity contribution >= 4 is 22.7 Å². The Labute approximate surface area is 97.0 Å². The van der Waals surface area contributed by atoms with Crippen LogP contribution in [0.3, 0.4) is 0 Å². The number of halogens is 2. The van der Waals surface area contributed by atoms with Gasteiger partial charge in [-0.1, -0.05) is 6.07 Å². The maximum absolute atomic E-state index is 13.4. The molecule has 88 valence electrons. The van der Waals surface area contributed by atoms with Gasteiger partial charge in [0.1, 0.15) is 17.3 Å². The number of benzene rings is 2. The normalized spacial score (nSPS) is 10.2. The van der Waals surface area contributed by atoms with Crippen LogP contribution in [0, 0.1) is 11.6 Å². The Morgan fingerprint density at radius 3 is 2.12 bits per heavy atom. The molecule has 0 aliphatic carbocycles. The van der Waals surface area contributed by atoms with Crippen LogP contribution in [-0.2, 0) is 0 Å². The summed E-state index contributed by atoms with van der Waals surface area (Å²) >= 11 is 0. The molecule has 0 radical (unpaired) electrons. The van der Waals surface area contributed by atoms with Crippen molar-refractivity contribution in [3.05, 3.63) is 48.0 Å². The number of hydrogen-bond donors (Lipinski definition) is 3. The molecular weight excluding hydrogens is 224 g/mol. The maximum Gasteiger partial charge on any atom is 0.149 e. The van der Waals surface area contributed by atoms with Crippen molar-refractivity contribution in [1.82, 2.24) is 0 Å². The first-order valence-electron chi connectivity index (χ1n) is 4.94. The minimum Gasteiger partial charge on any atom is -0.397 e. The fourth-order valence-electron chi connectivity index (χ4n) is 1.41. The molecule has 0 spiro atoms. The summed E-state index contributed by atoms with van der Waals surface area (Å²) in [4.78, 5) is 0. The van der Waals surface area contributed by atoms with Crippen molar-refractivity contribution in [2.75, 3.05) is 16.8 Å². The third-order valence-electron chi connectivity index (χ3n) is 2.32. The molecule has 0 aromatic heterocycles. The lowest BCUT2D eigenvalue weighted by atomic mass is 10.2. The molecule has 2 rings (SSSR count). The van der Waals surface area contributed by atoms with Gasteiger partial charge in [-0.15, -0.1) is 0 Å². The minimum absolute atomic E-state index is 0.211. The van der Waals surface area contributed by atoms with Gasteiger partial charge < -0.3 is 16.8 Å². The number of anilines is 4. The van der Waals surface area contributed by atoms with E-state index in [0.717, 1.165) is 0 Å². The van der Waals surface area contributed by atoms with E-state index in [2.05, 4.69) is 5.32 Å². The third-order valence-corrected chi connectivity index (χ3v) is 2.32. The summed E-state index contributed by atoms with van der Waals surface area (Å²) in [6.45, 7) is 0. The van der Waals surface area contributed by atoms with E-state index in [4.69, 9.17) is 11.5 Å². The Morgan fingerprint density at radius 2 is 1.53 bits per heavy atom. The smallest absolute Gasteiger partial charge is 0.149 e. The van der Waals surface area contributed by atoms with E-state index in [9.17, 15) is 8.78 Å². The summed E-state index contributed by atoms with van der Waals surface area (Å²) in [5.74, 6) is -1.33. The molecule has 0 aliphatic rings. The summed E-state index contributed by atoms with van der Waals surface area (Å²) < 4.78 is 26.7. The third kappa shape index (κ3) is 2.28. The highest BCUT2D eigenvalue weighted by Crippen LogP contribution is 2.26. The molecular formula is C12H11F2N3. The minimum atomic E-state index is -0.666. The van der Waals surface area contributed by atoms with Crippen LogP contribution in [0.4, 0.5) is 31.5 Å². The van der Waals surface area contributed by atoms with Gasteiger partial charge >= 0.3 is 0 Å². The van der Waals surface area contributed by atoms with Crippen LogP contribution in [0.2, 0.25) is 0 Å². The van der Waals surface area contributed by atoms with E-state index in [-0.39, 0.29) is 5.69 Å². The van der Waals surface area contributed by atoms with E-state index in [1.807, 2.05) is 0 Å². The first-order valence-corrected chi connectivity index (χ1v) is 4.94. The number of hydrogen-bond acceptors (Lipinski definition) is 3. The van der Waals surface area contributed by atoms with Crippen molar-refractivity contribution in [2.45, 2.75) is 0 Å². The molecule has 5 heteroatoms. The SMILES string of the molecule is Nc1ccc(Nc2c(F)cccc2F)cc1N. The Morgan fingerprint density at radius 1 is 0.882 bits per heavy atom. The highest BCUT2D eigenvalue weighted by Gasteiger charge is 2.08. The second kappa shape index (κ2) is 4.29. The molecule has 0 aliphatic heterocycles. The van der Waals surface area contributed by atoms with Gasteiger partial charge in [-0.2, -0.15) is 0 Å². The monoisotopic (exact) mass is 235 g/mol. The molecule has 3 nitrogen and oxygen atoms in total. The topological polar surface area (TPSA) is 64.1 Å². The van der Waals surface area contributed by atoms with Gasteiger partial charge in [0.15, 0.2) is 0 Å². The number of rotatable bonds is 2. The molecule has 0 bridgehead atoms. The average molecular weight is 235 g/mol. The standard InChI is InChI=1S/C12H11F2N3/c13-8-2-1-3-9(14)12(8)17-7-4-5-10(15)11(16)6-7/h1-6,17H,15-16H2. The van der Waals surface area contributed by atoms with E-state index in [1.165, 1.54) is 24.3 Å². The van der Waals surface area contributed by atoms with Gasteiger partial charge in [-0.3, -0.25) is 0 Å². The van der Waals surface area contributed by atoms with E-state index >= 15 is 0 Å². The van der Waals surface area contributed by atoms with Crippen LogP contribution >= 0.6 is 0 Å². The van der Waals surface area contributed by atoms with E-state index in [0.29, 0.717) is 17.1 Å². The Kier molecular flexibility index (Phi) is 2.82. The van der Waals surface area contributed by atoms with Crippen LogP contribution in [0.1, 0.15) is 0 Å². The Hall–Kier alpha value is -2.30. The molecule has 17 heavy (non-hydrogen) atoms. The molecule has 0 atom stereocenters. The zero-order chi connectivity index (χ0) is 12.4. The lowest BCUT2D eigenvalue weighted by Gasteiger charge is -2.10. The molecule has 2 aromatic rings. The van der Waals surface area contributed by atoms with Crippen LogP contribution < -0.4 is 16.8 Å². The zero-order valence-corrected chi connectivity index (χ0v) is 8.87. The van der Waals surface area contributed by atoms with Gasteiger partial charge in [0, 0.05) is 5.69 Å². The predicted octanol–water partition coefficient (Wildman–Crippen LogP) is 2.87. The highest BCUT2D eigenvalue weighted by atomic mass is 19.1. The van der Waals surface area contributed by atoms with Crippen LogP contribution in [0.25, 0.3) is 0 Å². The first kappa shape index (κ1) is 11.2. The molecule has 0 heterocycles. The number of nitrogen functional groups attached to an aromatic ring is 2. The van der Waals surface area contributed by atoms with Crippen molar-refractivity contribution in [3.63, 3.8) is 0 Å². The fraction of sp³-hybridized carbons (Fsp3) is 0. The number of para-hydroxylation sites is 1. The average Bonchev–Trinajstić information content (AvgIpc) is 2.28. The lowest BCUT2D eigenvalue weighted by Crippen LogP contribution is -1.99. The summed E-state index contributed by atoms with van der Waals surface area (Å²) in [6.07, 6.45) is 0. The van der Waals surface area contributed by atoms with Crippen LogP contribution in [0.15, 0.2) is 36.4 Å². The molecule has 0 saturated carbocycles. The summed E-state index contributed by atoms with van der Waals surface area (Å²) in [5.41, 5.74) is 12.2. The van der Waals surface area contributed by atoms with Crippen molar-refractivity contribution in [1.29, 1.82) is 0 Å². The zero-order valence-electron chi connectivity index (χ0n) is 8.87. The van der Waals surface area contributed by atoms with Crippen LogP contribution in [0.5, 0.6) is 0 Å². The maximum atomic E-state index is 13.4. The number of nitrogens with two attached hydrogens (primary N) is 2. The summed E-state index contributed by atoms with van der Waals surface area (Å²) in [6, 6.07) is 8.32. The summed E-state index contributed by atoms with van der Waals surface area (Å²) in [7, 11) is 0. The number of nitrogens with one attached hydrogen (secondary N) is 1. The van der Waals surface area contributed by atoms with Crippen molar-refractivity contribution in [3.8, 4) is 0 Å². The van der Waals surface area contributed by atoms with Gasteiger partial charge in [0.05, 0.1) is 11.4 Å². The van der Waals surface area contributed by atoms with Gasteiger partial charge in [0.25, 0.3) is 0 Å². The quantitative estimate of drug-likeness (QED) is 0.701. The largest absolute Gasteiger partial charge is 0.397 e. The molecule has 0 unspecified atom stereocenters. The molecule has 0 saturated heterocycles. The first-order chi connectivity index (χ1) is 8.08. The second-order valence-corrected chi connectivity index (χ2v) is 3.57. The van der Waals surface area contributed by atoms with Gasteiger partial charge in [-0.25, -0.2) is 8.78 Å². The van der Waals surface area contributed by atoms with Gasteiger partial charge in [0.2, 0.25) is 0 Å². The molecule has 2 aromatic carbocycles.